The number of nitrogens with zero attached hydrogens (tertiary/aromatic N) is 6. The molecule has 0 aliphatic carbocycles. The number of nitrogens with two attached hydrogens (primary N) is 2. The van der Waals surface area contributed by atoms with Gasteiger partial charge in [0, 0.05) is 6.07 Å². The van der Waals surface area contributed by atoms with Crippen LogP contribution in [0.15, 0.2) is 48.5 Å². The van der Waals surface area contributed by atoms with Crippen LogP contribution < -0.4 is 16.3 Å². The van der Waals surface area contributed by atoms with Gasteiger partial charge in [-0.1, -0.05) is 31.7 Å². The number of anilines is 2. The van der Waals surface area contributed by atoms with E-state index in [4.69, 9.17) is 11.5 Å². The quantitative estimate of drug-likeness (QED) is 0.361. The molecule has 0 unspecified atom stereocenters. The third kappa shape index (κ3) is 3.58. The van der Waals surface area contributed by atoms with Gasteiger partial charge >= 0.3 is 0 Å². The predicted molar refractivity (Wildman–Crippen MR) is 91.4 cm³/mol. The van der Waals surface area contributed by atoms with Crippen LogP contribution in [0.3, 0.4) is 0 Å². The van der Waals surface area contributed by atoms with Gasteiger partial charge in [-0.05, 0) is 23.0 Å². The summed E-state index contributed by atoms with van der Waals surface area (Å²) in [5.74, 6) is 0.201. The first-order chi connectivity index (χ1) is 11.1. The third-order valence-electron chi connectivity index (χ3n) is 2.89. The van der Waals surface area contributed by atoms with E-state index in [1.54, 1.807) is 24.3 Å². The van der Waals surface area contributed by atoms with Gasteiger partial charge in [-0.25, -0.2) is 9.97 Å². The molecule has 0 atom stereocenters. The zero-order valence-corrected chi connectivity index (χ0v) is 11.9. The molecule has 0 saturated carbocycles. The number of benzene rings is 2. The highest BCUT2D eigenvalue weighted by Crippen LogP contribution is 2.06. The van der Waals surface area contributed by atoms with E-state index in [1.165, 1.54) is 0 Å². The summed E-state index contributed by atoms with van der Waals surface area (Å²) < 4.78 is 0. The van der Waals surface area contributed by atoms with Gasteiger partial charge in [-0.2, -0.15) is 0 Å². The molecule has 24 heavy (non-hydrogen) atoms. The van der Waals surface area contributed by atoms with Crippen LogP contribution in [0.25, 0.3) is 22.1 Å². The van der Waals surface area contributed by atoms with E-state index < -0.39 is 0 Å². The van der Waals surface area contributed by atoms with Gasteiger partial charge in [0.05, 0.1) is 10.6 Å². The van der Waals surface area contributed by atoms with Gasteiger partial charge in [-0.15, -0.1) is 10.2 Å². The van der Waals surface area contributed by atoms with E-state index in [0.29, 0.717) is 15.9 Å². The highest BCUT2D eigenvalue weighted by atomic mass is 16.5. The first-order valence-electron chi connectivity index (χ1n) is 6.60. The lowest BCUT2D eigenvalue weighted by Gasteiger charge is -1.97. The van der Waals surface area contributed by atoms with Crippen LogP contribution in [-0.2, 0) is 0 Å². The molecule has 4 rings (SSSR count). The lowest BCUT2D eigenvalue weighted by Crippen LogP contribution is -2.33. The summed E-state index contributed by atoms with van der Waals surface area (Å²) in [5, 5.41) is 22.0. The fourth-order valence-electron chi connectivity index (χ4n) is 1.91. The van der Waals surface area contributed by atoms with Crippen LogP contribution in [0, 0.1) is 5.21 Å². The Balaban J connectivity index is 0.000000167. The van der Waals surface area contributed by atoms with Crippen molar-refractivity contribution < 1.29 is 4.85 Å². The monoisotopic (exact) mass is 324 g/mol. The van der Waals surface area contributed by atoms with Crippen LogP contribution in [0.1, 0.15) is 7.43 Å². The minimum absolute atomic E-state index is 0. The largest absolute Gasteiger partial charge is 0.594 e. The minimum Gasteiger partial charge on any atom is -0.594 e. The van der Waals surface area contributed by atoms with Crippen molar-refractivity contribution >= 4 is 34.0 Å². The molecule has 9 heteroatoms. The molecule has 0 aliphatic rings. The Morgan fingerprint density at radius 3 is 2.08 bits per heavy atom. The van der Waals surface area contributed by atoms with Gasteiger partial charge < -0.3 is 16.7 Å². The number of nitrogen functional groups attached to an aromatic ring is 2. The SMILES string of the molecule is C.Nc1nc2ccccc2[n+]([O-])n1.Nc1nnc2ccccc2n1. The molecule has 9 nitrogen and oxygen atoms in total. The standard InChI is InChI=1S/C7H6N4O.C7H6N4.CH4/c8-7-9-5-3-1-2-4-6(5)11(12)10-7;8-7-9-5-3-1-2-4-6(5)10-11-7;/h1-4H,(H2,8,9,10);1-4H,(H2,8,9,11);1H4. The van der Waals surface area contributed by atoms with Gasteiger partial charge in [-0.3, -0.25) is 0 Å². The maximum atomic E-state index is 11.1. The summed E-state index contributed by atoms with van der Waals surface area (Å²) >= 11 is 0. The average molecular weight is 324 g/mol. The fourth-order valence-corrected chi connectivity index (χ4v) is 1.91. The molecule has 0 aliphatic heterocycles. The van der Waals surface area contributed by atoms with Crippen molar-refractivity contribution in [2.75, 3.05) is 11.5 Å². The van der Waals surface area contributed by atoms with Crippen LogP contribution in [0.2, 0.25) is 0 Å². The summed E-state index contributed by atoms with van der Waals surface area (Å²) in [7, 11) is 0. The molecule has 4 N–H and O–H groups in total. The van der Waals surface area contributed by atoms with Gasteiger partial charge in [0.2, 0.25) is 5.95 Å². The zero-order valence-electron chi connectivity index (χ0n) is 11.9. The van der Waals surface area contributed by atoms with E-state index >= 15 is 0 Å². The Morgan fingerprint density at radius 2 is 1.33 bits per heavy atom. The molecular formula is C15H16N8O. The van der Waals surface area contributed by atoms with Crippen LogP contribution in [-0.4, -0.2) is 25.3 Å². The summed E-state index contributed by atoms with van der Waals surface area (Å²) in [6.45, 7) is 0. The van der Waals surface area contributed by atoms with E-state index in [2.05, 4.69) is 25.3 Å². The lowest BCUT2D eigenvalue weighted by molar-refractivity contribution is -0.641. The molecule has 0 amide bonds. The zero-order chi connectivity index (χ0) is 16.2. The molecule has 0 radical (unpaired) electrons. The van der Waals surface area contributed by atoms with Crippen LogP contribution >= 0.6 is 0 Å². The summed E-state index contributed by atoms with van der Waals surface area (Å²) in [6.07, 6.45) is 0. The first kappa shape index (κ1) is 16.7. The van der Waals surface area contributed by atoms with Crippen LogP contribution in [0.4, 0.5) is 11.9 Å². The van der Waals surface area contributed by atoms with Crippen molar-refractivity contribution in [3.05, 3.63) is 53.7 Å². The highest BCUT2D eigenvalue weighted by molar-refractivity contribution is 5.73. The minimum atomic E-state index is -0.0105. The van der Waals surface area contributed by atoms with Crippen molar-refractivity contribution in [1.29, 1.82) is 0 Å². The van der Waals surface area contributed by atoms with Crippen LogP contribution in [0.5, 0.6) is 0 Å². The maximum Gasteiger partial charge on any atom is 0.288 e. The number of hydrogen-bond acceptors (Lipinski definition) is 8. The third-order valence-corrected chi connectivity index (χ3v) is 2.89. The Hall–Kier alpha value is -3.62. The molecule has 0 fully saturated rings. The van der Waals surface area contributed by atoms with Crippen molar-refractivity contribution in [1.82, 2.24) is 25.3 Å². The molecule has 0 bridgehead atoms. The molecule has 0 saturated heterocycles. The molecule has 4 aromatic rings. The normalized spacial score (nSPS) is 9.83. The summed E-state index contributed by atoms with van der Waals surface area (Å²) in [5.41, 5.74) is 13.1. The van der Waals surface area contributed by atoms with E-state index in [0.717, 1.165) is 11.0 Å². The smallest absolute Gasteiger partial charge is 0.288 e. The van der Waals surface area contributed by atoms with Crippen molar-refractivity contribution in [3.63, 3.8) is 0 Å². The van der Waals surface area contributed by atoms with Gasteiger partial charge in [0.25, 0.3) is 11.5 Å². The molecule has 0 spiro atoms. The molecular weight excluding hydrogens is 308 g/mol. The Bertz CT molecular complexity index is 976. The summed E-state index contributed by atoms with van der Waals surface area (Å²) in [4.78, 5) is 8.33. The molecule has 2 heterocycles. The predicted octanol–water partition coefficient (Wildman–Crippen LogP) is 1.09. The van der Waals surface area contributed by atoms with Crippen molar-refractivity contribution in [2.45, 2.75) is 7.43 Å². The van der Waals surface area contributed by atoms with Gasteiger partial charge in [0.15, 0.2) is 0 Å². The first-order valence-corrected chi connectivity index (χ1v) is 6.60. The number of para-hydroxylation sites is 3. The highest BCUT2D eigenvalue weighted by Gasteiger charge is 2.06. The molecule has 2 aromatic carbocycles. The van der Waals surface area contributed by atoms with E-state index in [-0.39, 0.29) is 19.3 Å². The second-order valence-electron chi connectivity index (χ2n) is 4.49. The fraction of sp³-hybridized carbons (Fsp3) is 0.0667. The van der Waals surface area contributed by atoms with Crippen molar-refractivity contribution in [3.8, 4) is 0 Å². The molecule has 122 valence electrons. The van der Waals surface area contributed by atoms with Crippen molar-refractivity contribution in [2.24, 2.45) is 0 Å². The second kappa shape index (κ2) is 7.09. The van der Waals surface area contributed by atoms with E-state index in [1.807, 2.05) is 24.3 Å². The number of aromatic nitrogens is 6. The van der Waals surface area contributed by atoms with Gasteiger partial charge in [0.1, 0.15) is 11.0 Å². The molecule has 2 aromatic heterocycles. The second-order valence-corrected chi connectivity index (χ2v) is 4.49. The topological polar surface area (TPSA) is 143 Å². The lowest BCUT2D eigenvalue weighted by atomic mass is 10.3. The number of rotatable bonds is 0. The Morgan fingerprint density at radius 1 is 0.750 bits per heavy atom. The summed E-state index contributed by atoms with van der Waals surface area (Å²) in [6, 6.07) is 14.3. The van der Waals surface area contributed by atoms with E-state index in [9.17, 15) is 5.21 Å². The maximum absolute atomic E-state index is 11.1. The Labute approximate surface area is 137 Å². The Kier molecular flexibility index (Phi) is 4.95. The number of fused-ring (bicyclic) bond motifs is 2. The average Bonchev–Trinajstić information content (AvgIpc) is 2.55. The number of hydrogen-bond donors (Lipinski definition) is 2.